The lowest BCUT2D eigenvalue weighted by Gasteiger charge is -2.27. The SMILES string of the molecule is CCOC(=O)C1CCC(NC(=O)c2nn(-c3ccc(Cl)cc3Cl)c(-c3ccc(Cl)cc3)c2C)CC1. The van der Waals surface area contributed by atoms with Crippen molar-refractivity contribution in [2.45, 2.75) is 45.6 Å². The van der Waals surface area contributed by atoms with Crippen molar-refractivity contribution in [3.63, 3.8) is 0 Å². The fourth-order valence-corrected chi connectivity index (χ4v) is 5.09. The minimum Gasteiger partial charge on any atom is -0.466 e. The van der Waals surface area contributed by atoms with Crippen LogP contribution in [-0.4, -0.2) is 34.3 Å². The molecule has 6 nitrogen and oxygen atoms in total. The van der Waals surface area contributed by atoms with E-state index in [0.717, 1.165) is 16.8 Å². The van der Waals surface area contributed by atoms with Crippen LogP contribution >= 0.6 is 34.8 Å². The van der Waals surface area contributed by atoms with Crippen molar-refractivity contribution >= 4 is 46.7 Å². The number of rotatable bonds is 6. The molecule has 1 aliphatic rings. The largest absolute Gasteiger partial charge is 0.466 e. The summed E-state index contributed by atoms with van der Waals surface area (Å²) in [4.78, 5) is 25.3. The second kappa shape index (κ2) is 11.0. The molecular weight excluding hydrogens is 509 g/mol. The van der Waals surface area contributed by atoms with E-state index in [0.29, 0.717) is 58.7 Å². The number of benzene rings is 2. The minimum atomic E-state index is -0.263. The predicted molar refractivity (Wildman–Crippen MR) is 139 cm³/mol. The van der Waals surface area contributed by atoms with Crippen LogP contribution < -0.4 is 5.32 Å². The average molecular weight is 535 g/mol. The van der Waals surface area contributed by atoms with Crippen molar-refractivity contribution in [3.05, 3.63) is 68.8 Å². The van der Waals surface area contributed by atoms with Gasteiger partial charge < -0.3 is 10.1 Å². The highest BCUT2D eigenvalue weighted by molar-refractivity contribution is 6.35. The molecule has 1 aromatic heterocycles. The minimum absolute atomic E-state index is 0.0316. The zero-order chi connectivity index (χ0) is 25.1. The molecule has 0 spiro atoms. The molecule has 35 heavy (non-hydrogen) atoms. The lowest BCUT2D eigenvalue weighted by atomic mass is 9.86. The Balaban J connectivity index is 1.62. The van der Waals surface area contributed by atoms with E-state index < -0.39 is 0 Å². The highest BCUT2D eigenvalue weighted by atomic mass is 35.5. The van der Waals surface area contributed by atoms with Gasteiger partial charge in [0.2, 0.25) is 0 Å². The van der Waals surface area contributed by atoms with Gasteiger partial charge in [-0.05, 0) is 69.9 Å². The van der Waals surface area contributed by atoms with Crippen LogP contribution in [0.15, 0.2) is 42.5 Å². The third kappa shape index (κ3) is 5.66. The van der Waals surface area contributed by atoms with Crippen LogP contribution in [-0.2, 0) is 9.53 Å². The van der Waals surface area contributed by atoms with Gasteiger partial charge in [-0.2, -0.15) is 5.10 Å². The van der Waals surface area contributed by atoms with Crippen molar-refractivity contribution < 1.29 is 14.3 Å². The molecular formula is C26H26Cl3N3O3. The Kier molecular flexibility index (Phi) is 8.05. The highest BCUT2D eigenvalue weighted by Gasteiger charge is 2.30. The Hall–Kier alpha value is -2.54. The van der Waals surface area contributed by atoms with Crippen molar-refractivity contribution in [1.29, 1.82) is 0 Å². The van der Waals surface area contributed by atoms with E-state index in [1.54, 1.807) is 41.9 Å². The molecule has 0 saturated heterocycles. The van der Waals surface area contributed by atoms with Gasteiger partial charge in [-0.1, -0.05) is 46.9 Å². The summed E-state index contributed by atoms with van der Waals surface area (Å²) in [6.45, 7) is 4.05. The first-order valence-corrected chi connectivity index (χ1v) is 12.7. The fraction of sp³-hybridized carbons (Fsp3) is 0.346. The van der Waals surface area contributed by atoms with Crippen LogP contribution in [0.3, 0.4) is 0 Å². The van der Waals surface area contributed by atoms with Gasteiger partial charge in [-0.15, -0.1) is 0 Å². The molecule has 1 aliphatic carbocycles. The van der Waals surface area contributed by atoms with Crippen molar-refractivity contribution in [2.75, 3.05) is 6.61 Å². The number of esters is 1. The van der Waals surface area contributed by atoms with Crippen molar-refractivity contribution in [3.8, 4) is 16.9 Å². The maximum absolute atomic E-state index is 13.3. The van der Waals surface area contributed by atoms with Crippen LogP contribution in [0, 0.1) is 12.8 Å². The van der Waals surface area contributed by atoms with E-state index in [9.17, 15) is 9.59 Å². The number of nitrogens with zero attached hydrogens (tertiary/aromatic N) is 2. The Morgan fingerprint density at radius 2 is 1.69 bits per heavy atom. The first kappa shape index (κ1) is 25.5. The topological polar surface area (TPSA) is 73.2 Å². The second-order valence-corrected chi connectivity index (χ2v) is 9.89. The molecule has 184 valence electrons. The molecule has 2 aromatic carbocycles. The van der Waals surface area contributed by atoms with E-state index >= 15 is 0 Å². The zero-order valence-electron chi connectivity index (χ0n) is 19.5. The van der Waals surface area contributed by atoms with Crippen LogP contribution in [0.2, 0.25) is 15.1 Å². The molecule has 0 radical (unpaired) electrons. The van der Waals surface area contributed by atoms with Crippen LogP contribution in [0.5, 0.6) is 0 Å². The molecule has 3 aromatic rings. The maximum Gasteiger partial charge on any atom is 0.308 e. The van der Waals surface area contributed by atoms with Gasteiger partial charge in [-0.25, -0.2) is 4.68 Å². The number of ether oxygens (including phenoxy) is 1. The third-order valence-corrected chi connectivity index (χ3v) is 7.06. The summed E-state index contributed by atoms with van der Waals surface area (Å²) in [5.74, 6) is -0.520. The molecule has 0 atom stereocenters. The van der Waals surface area contributed by atoms with Gasteiger partial charge in [0.25, 0.3) is 5.91 Å². The van der Waals surface area contributed by atoms with E-state index in [2.05, 4.69) is 10.4 Å². The van der Waals surface area contributed by atoms with Crippen LogP contribution in [0.4, 0.5) is 0 Å². The standard InChI is InChI=1S/C26H26Cl3N3O3/c1-3-35-26(34)17-6-11-20(12-7-17)30-25(33)23-15(2)24(16-4-8-18(27)9-5-16)32(31-23)22-13-10-19(28)14-21(22)29/h4-5,8-10,13-14,17,20H,3,6-7,11-12H2,1-2H3,(H,30,33). The first-order valence-electron chi connectivity index (χ1n) is 11.6. The summed E-state index contributed by atoms with van der Waals surface area (Å²) in [5.41, 5.74) is 3.23. The highest BCUT2D eigenvalue weighted by Crippen LogP contribution is 2.33. The molecule has 1 N–H and O–H groups in total. The number of halogens is 3. The lowest BCUT2D eigenvalue weighted by Crippen LogP contribution is -2.39. The van der Waals surface area contributed by atoms with Gasteiger partial charge in [-0.3, -0.25) is 9.59 Å². The number of nitrogens with one attached hydrogen (secondary N) is 1. The monoisotopic (exact) mass is 533 g/mol. The molecule has 0 aliphatic heterocycles. The first-order chi connectivity index (χ1) is 16.8. The second-order valence-electron chi connectivity index (χ2n) is 8.61. The molecule has 1 fully saturated rings. The molecule has 1 amide bonds. The summed E-state index contributed by atoms with van der Waals surface area (Å²) in [6.07, 6.45) is 2.80. The molecule has 1 saturated carbocycles. The Morgan fingerprint density at radius 1 is 1.03 bits per heavy atom. The third-order valence-electron chi connectivity index (χ3n) is 6.28. The molecule has 0 bridgehead atoms. The Bertz CT molecular complexity index is 1230. The number of hydrogen-bond donors (Lipinski definition) is 1. The molecule has 1 heterocycles. The van der Waals surface area contributed by atoms with Crippen LogP contribution in [0.25, 0.3) is 16.9 Å². The summed E-state index contributed by atoms with van der Waals surface area (Å²) >= 11 is 18.7. The van der Waals surface area contributed by atoms with Gasteiger partial charge >= 0.3 is 5.97 Å². The normalized spacial score (nSPS) is 17.7. The van der Waals surface area contributed by atoms with Crippen LogP contribution in [0.1, 0.15) is 48.7 Å². The van der Waals surface area contributed by atoms with E-state index in [1.807, 2.05) is 19.1 Å². The van der Waals surface area contributed by atoms with Gasteiger partial charge in [0.05, 0.1) is 28.9 Å². The number of carbonyl (C=O) groups is 2. The average Bonchev–Trinajstić information content (AvgIpc) is 3.17. The Labute approximate surface area is 219 Å². The maximum atomic E-state index is 13.3. The van der Waals surface area contributed by atoms with Gasteiger partial charge in [0.1, 0.15) is 0 Å². The zero-order valence-corrected chi connectivity index (χ0v) is 21.8. The van der Waals surface area contributed by atoms with Crippen molar-refractivity contribution in [2.24, 2.45) is 5.92 Å². The predicted octanol–water partition coefficient (Wildman–Crippen LogP) is 6.66. The number of carbonyl (C=O) groups excluding carboxylic acids is 2. The van der Waals surface area contributed by atoms with E-state index in [-0.39, 0.29) is 23.8 Å². The fourth-order valence-electron chi connectivity index (χ4n) is 4.47. The molecule has 4 rings (SSSR count). The summed E-state index contributed by atoms with van der Waals surface area (Å²) < 4.78 is 6.81. The van der Waals surface area contributed by atoms with E-state index in [4.69, 9.17) is 39.5 Å². The summed E-state index contributed by atoms with van der Waals surface area (Å²) in [6, 6.07) is 12.5. The molecule has 0 unspecified atom stereocenters. The summed E-state index contributed by atoms with van der Waals surface area (Å²) in [5, 5.41) is 9.31. The quantitative estimate of drug-likeness (QED) is 0.359. The smallest absolute Gasteiger partial charge is 0.308 e. The lowest BCUT2D eigenvalue weighted by molar-refractivity contribution is -0.149. The number of hydrogen-bond acceptors (Lipinski definition) is 4. The summed E-state index contributed by atoms with van der Waals surface area (Å²) in [7, 11) is 0. The van der Waals surface area contributed by atoms with Gasteiger partial charge in [0.15, 0.2) is 5.69 Å². The Morgan fingerprint density at radius 3 is 2.31 bits per heavy atom. The van der Waals surface area contributed by atoms with Gasteiger partial charge in [0, 0.05) is 27.2 Å². The van der Waals surface area contributed by atoms with E-state index in [1.165, 1.54) is 0 Å². The van der Waals surface area contributed by atoms with Crippen molar-refractivity contribution in [1.82, 2.24) is 15.1 Å². The number of aromatic nitrogens is 2. The molecule has 9 heteroatoms. The number of amides is 1.